The highest BCUT2D eigenvalue weighted by Crippen LogP contribution is 2.28. The zero-order chi connectivity index (χ0) is 22.7. The number of amides is 1. The van der Waals surface area contributed by atoms with Crippen LogP contribution < -0.4 is 4.74 Å². The van der Waals surface area contributed by atoms with E-state index in [0.717, 1.165) is 29.4 Å². The molecule has 0 spiro atoms. The number of likely N-dealkylation sites (tertiary alicyclic amines) is 1. The molecular formula is C25H30FN3O3. The molecule has 0 radical (unpaired) electrons. The number of benzene rings is 2. The molecule has 32 heavy (non-hydrogen) atoms. The molecule has 1 aliphatic rings. The molecule has 2 heterocycles. The number of nitrogens with zero attached hydrogens (tertiary/aromatic N) is 2. The number of nitrogens with one attached hydrogen (secondary N) is 1. The van der Waals surface area contributed by atoms with Crippen molar-refractivity contribution in [2.24, 2.45) is 5.92 Å². The lowest BCUT2D eigenvalue weighted by molar-refractivity contribution is 0.0101. The van der Waals surface area contributed by atoms with Crippen LogP contribution >= 0.6 is 0 Å². The van der Waals surface area contributed by atoms with Gasteiger partial charge in [0.2, 0.25) is 0 Å². The highest BCUT2D eigenvalue weighted by atomic mass is 19.1. The molecule has 0 aliphatic carbocycles. The summed E-state index contributed by atoms with van der Waals surface area (Å²) < 4.78 is 25.6. The topological polar surface area (TPSA) is 67.4 Å². The maximum absolute atomic E-state index is 13.8. The molecule has 1 N–H and O–H groups in total. The van der Waals surface area contributed by atoms with Gasteiger partial charge in [-0.05, 0) is 69.4 Å². The minimum absolute atomic E-state index is 0.196. The number of ether oxygens (including phenoxy) is 2. The summed E-state index contributed by atoms with van der Waals surface area (Å²) in [5.41, 5.74) is 2.11. The van der Waals surface area contributed by atoms with Gasteiger partial charge in [0.1, 0.15) is 17.5 Å². The van der Waals surface area contributed by atoms with E-state index in [1.54, 1.807) is 17.0 Å². The summed E-state index contributed by atoms with van der Waals surface area (Å²) in [7, 11) is 0. The monoisotopic (exact) mass is 439 g/mol. The van der Waals surface area contributed by atoms with E-state index in [9.17, 15) is 9.18 Å². The summed E-state index contributed by atoms with van der Waals surface area (Å²) in [6.45, 7) is 6.81. The van der Waals surface area contributed by atoms with E-state index in [1.165, 1.54) is 6.07 Å². The van der Waals surface area contributed by atoms with E-state index < -0.39 is 5.60 Å². The average Bonchev–Trinajstić information content (AvgIpc) is 3.15. The molecule has 1 atom stereocenters. The zero-order valence-corrected chi connectivity index (χ0v) is 18.8. The molecule has 7 heteroatoms. The molecular weight excluding hydrogens is 409 g/mol. The molecule has 0 bridgehead atoms. The van der Waals surface area contributed by atoms with E-state index in [-0.39, 0.29) is 23.9 Å². The second-order valence-corrected chi connectivity index (χ2v) is 9.35. The van der Waals surface area contributed by atoms with Gasteiger partial charge in [0.25, 0.3) is 6.01 Å². The van der Waals surface area contributed by atoms with Crippen molar-refractivity contribution in [2.45, 2.75) is 51.7 Å². The van der Waals surface area contributed by atoms with Crippen molar-refractivity contribution in [1.82, 2.24) is 14.9 Å². The maximum atomic E-state index is 13.8. The van der Waals surface area contributed by atoms with Gasteiger partial charge < -0.3 is 19.4 Å². The zero-order valence-electron chi connectivity index (χ0n) is 18.8. The number of fused-ring (bicyclic) bond motifs is 1. The van der Waals surface area contributed by atoms with Crippen LogP contribution in [-0.4, -0.2) is 45.8 Å². The van der Waals surface area contributed by atoms with Crippen LogP contribution in [-0.2, 0) is 11.2 Å². The number of aromatic amines is 1. The lowest BCUT2D eigenvalue weighted by Crippen LogP contribution is -2.45. The molecule has 6 nitrogen and oxygen atoms in total. The Hall–Kier alpha value is -3.09. The number of carbonyl (C=O) groups excluding carboxylic acids is 1. The maximum Gasteiger partial charge on any atom is 0.410 e. The molecule has 1 unspecified atom stereocenters. The van der Waals surface area contributed by atoms with Crippen LogP contribution in [0, 0.1) is 11.7 Å². The Morgan fingerprint density at radius 2 is 1.94 bits per heavy atom. The van der Waals surface area contributed by atoms with Crippen LogP contribution in [0.5, 0.6) is 6.01 Å². The number of para-hydroxylation sites is 2. The number of H-pyrrole nitrogens is 1. The first-order valence-electron chi connectivity index (χ1n) is 11.1. The first kappa shape index (κ1) is 22.1. The van der Waals surface area contributed by atoms with Gasteiger partial charge in [0, 0.05) is 19.5 Å². The number of aromatic nitrogens is 2. The summed E-state index contributed by atoms with van der Waals surface area (Å²) in [5, 5.41) is 0. The highest BCUT2D eigenvalue weighted by molar-refractivity contribution is 5.75. The van der Waals surface area contributed by atoms with Gasteiger partial charge in [-0.1, -0.05) is 24.3 Å². The lowest BCUT2D eigenvalue weighted by Gasteiger charge is -2.36. The normalized spacial score (nSPS) is 16.2. The summed E-state index contributed by atoms with van der Waals surface area (Å²) in [6, 6.07) is 14.8. The smallest absolute Gasteiger partial charge is 0.410 e. The van der Waals surface area contributed by atoms with Gasteiger partial charge in [0.15, 0.2) is 0 Å². The van der Waals surface area contributed by atoms with Crippen LogP contribution in [0.25, 0.3) is 11.0 Å². The molecule has 4 rings (SSSR count). The van der Waals surface area contributed by atoms with Crippen molar-refractivity contribution in [3.63, 3.8) is 0 Å². The first-order valence-corrected chi connectivity index (χ1v) is 11.1. The van der Waals surface area contributed by atoms with Crippen LogP contribution in [0.4, 0.5) is 9.18 Å². The third kappa shape index (κ3) is 5.58. The van der Waals surface area contributed by atoms with E-state index in [0.29, 0.717) is 25.5 Å². The summed E-state index contributed by atoms with van der Waals surface area (Å²) in [4.78, 5) is 22.0. The fraction of sp³-hybridized carbons (Fsp3) is 0.440. The summed E-state index contributed by atoms with van der Waals surface area (Å²) in [5.74, 6) is -0.0603. The Morgan fingerprint density at radius 3 is 2.62 bits per heavy atom. The third-order valence-corrected chi connectivity index (χ3v) is 5.67. The predicted octanol–water partition coefficient (Wildman–Crippen LogP) is 5.34. The Balaban J connectivity index is 1.48. The quantitative estimate of drug-likeness (QED) is 0.583. The van der Waals surface area contributed by atoms with Crippen molar-refractivity contribution in [3.05, 3.63) is 59.9 Å². The first-order chi connectivity index (χ1) is 15.3. The molecule has 1 saturated heterocycles. The highest BCUT2D eigenvalue weighted by Gasteiger charge is 2.32. The van der Waals surface area contributed by atoms with Crippen LogP contribution in [0.1, 0.15) is 39.2 Å². The van der Waals surface area contributed by atoms with Gasteiger partial charge in [-0.2, -0.15) is 4.98 Å². The standard InChI is InChI=1S/C25H30FN3O3/c1-25(2,3)32-24(30)29-13-11-18(12-14-29)22(16-17-7-6-8-19(26)15-17)31-23-27-20-9-4-5-10-21(20)28-23/h4-10,15,18,22H,11-14,16H2,1-3H3,(H,27,28). The Morgan fingerprint density at radius 1 is 1.19 bits per heavy atom. The molecule has 3 aromatic rings. The van der Waals surface area contributed by atoms with Gasteiger partial charge in [-0.15, -0.1) is 0 Å². The largest absolute Gasteiger partial charge is 0.461 e. The molecule has 1 amide bonds. The number of rotatable bonds is 5. The molecule has 170 valence electrons. The fourth-order valence-electron chi connectivity index (χ4n) is 4.11. The predicted molar refractivity (Wildman–Crippen MR) is 121 cm³/mol. The molecule has 2 aromatic carbocycles. The van der Waals surface area contributed by atoms with Crippen LogP contribution in [0.3, 0.4) is 0 Å². The lowest BCUT2D eigenvalue weighted by atomic mass is 9.88. The minimum atomic E-state index is -0.516. The number of carbonyl (C=O) groups is 1. The van der Waals surface area contributed by atoms with Gasteiger partial charge >= 0.3 is 6.09 Å². The minimum Gasteiger partial charge on any atom is -0.461 e. The van der Waals surface area contributed by atoms with Crippen molar-refractivity contribution in [1.29, 1.82) is 0 Å². The van der Waals surface area contributed by atoms with Crippen LogP contribution in [0.2, 0.25) is 0 Å². The van der Waals surface area contributed by atoms with Crippen molar-refractivity contribution in [2.75, 3.05) is 13.1 Å². The molecule has 1 fully saturated rings. The molecule has 1 aliphatic heterocycles. The Kier molecular flexibility index (Phi) is 6.35. The second-order valence-electron chi connectivity index (χ2n) is 9.35. The number of imidazole rings is 1. The van der Waals surface area contributed by atoms with E-state index >= 15 is 0 Å². The molecule has 0 saturated carbocycles. The van der Waals surface area contributed by atoms with Gasteiger partial charge in [-0.3, -0.25) is 0 Å². The number of halogens is 1. The van der Waals surface area contributed by atoms with E-state index in [2.05, 4.69) is 9.97 Å². The summed E-state index contributed by atoms with van der Waals surface area (Å²) in [6.07, 6.45) is 1.64. The average molecular weight is 440 g/mol. The number of piperidine rings is 1. The Bertz CT molecular complexity index is 1030. The third-order valence-electron chi connectivity index (χ3n) is 5.67. The van der Waals surface area contributed by atoms with E-state index in [4.69, 9.17) is 9.47 Å². The van der Waals surface area contributed by atoms with Crippen molar-refractivity contribution < 1.29 is 18.7 Å². The number of hydrogen-bond acceptors (Lipinski definition) is 4. The SMILES string of the molecule is CC(C)(C)OC(=O)N1CCC(C(Cc2cccc(F)c2)Oc2nc3ccccc3[nH]2)CC1. The fourth-order valence-corrected chi connectivity index (χ4v) is 4.11. The van der Waals surface area contributed by atoms with Crippen molar-refractivity contribution in [3.8, 4) is 6.01 Å². The van der Waals surface area contributed by atoms with Gasteiger partial charge in [-0.25, -0.2) is 9.18 Å². The van der Waals surface area contributed by atoms with Crippen molar-refractivity contribution >= 4 is 17.1 Å². The summed E-state index contributed by atoms with van der Waals surface area (Å²) >= 11 is 0. The number of hydrogen-bond donors (Lipinski definition) is 1. The van der Waals surface area contributed by atoms with Gasteiger partial charge in [0.05, 0.1) is 11.0 Å². The molecule has 1 aromatic heterocycles. The second kappa shape index (κ2) is 9.18. The van der Waals surface area contributed by atoms with E-state index in [1.807, 2.05) is 51.1 Å². The van der Waals surface area contributed by atoms with Crippen LogP contribution in [0.15, 0.2) is 48.5 Å². The Labute approximate surface area is 187 Å².